The lowest BCUT2D eigenvalue weighted by Gasteiger charge is -2.55. The zero-order valence-electron chi connectivity index (χ0n) is 22.4. The van der Waals surface area contributed by atoms with Gasteiger partial charge in [0.2, 0.25) is 5.91 Å². The van der Waals surface area contributed by atoms with Crippen LogP contribution < -0.4 is 0 Å². The van der Waals surface area contributed by atoms with E-state index >= 15 is 0 Å². The van der Waals surface area contributed by atoms with Gasteiger partial charge in [-0.25, -0.2) is 8.78 Å². The molecule has 1 saturated carbocycles. The van der Waals surface area contributed by atoms with Gasteiger partial charge in [-0.3, -0.25) is 9.69 Å². The molecule has 1 aliphatic carbocycles. The zero-order chi connectivity index (χ0) is 27.2. The van der Waals surface area contributed by atoms with Gasteiger partial charge in [0.1, 0.15) is 11.6 Å². The number of aromatic amines is 1. The molecule has 4 nitrogen and oxygen atoms in total. The van der Waals surface area contributed by atoms with Crippen LogP contribution in [0.15, 0.2) is 78.9 Å². The second kappa shape index (κ2) is 9.76. The molecule has 4 aromatic rings. The van der Waals surface area contributed by atoms with E-state index in [1.165, 1.54) is 12.1 Å². The van der Waals surface area contributed by atoms with Crippen LogP contribution in [0.5, 0.6) is 0 Å². The summed E-state index contributed by atoms with van der Waals surface area (Å²) in [5, 5.41) is 0.894. The highest BCUT2D eigenvalue weighted by Crippen LogP contribution is 2.53. The largest absolute Gasteiger partial charge is 0.356 e. The number of hydrogen-bond acceptors (Lipinski definition) is 2. The highest BCUT2D eigenvalue weighted by molar-refractivity contribution is 5.93. The maximum Gasteiger partial charge on any atom is 0.247 e. The second-order valence-corrected chi connectivity index (χ2v) is 11.1. The summed E-state index contributed by atoms with van der Waals surface area (Å²) < 4.78 is 28.6. The van der Waals surface area contributed by atoms with Crippen molar-refractivity contribution in [2.75, 3.05) is 20.6 Å². The highest BCUT2D eigenvalue weighted by Gasteiger charge is 2.52. The number of fused-ring (bicyclic) bond motifs is 4. The molecule has 1 N–H and O–H groups in total. The first-order valence-corrected chi connectivity index (χ1v) is 13.6. The van der Waals surface area contributed by atoms with Gasteiger partial charge in [0.25, 0.3) is 0 Å². The average Bonchev–Trinajstić information content (AvgIpc) is 3.32. The predicted octanol–water partition coefficient (Wildman–Crippen LogP) is 6.77. The van der Waals surface area contributed by atoms with Crippen LogP contribution in [-0.2, 0) is 22.3 Å². The first kappa shape index (κ1) is 25.5. The molecular weight excluding hydrogens is 492 g/mol. The summed E-state index contributed by atoms with van der Waals surface area (Å²) in [6.45, 7) is 0.559. The average molecular weight is 526 g/mol. The third kappa shape index (κ3) is 4.27. The van der Waals surface area contributed by atoms with Crippen molar-refractivity contribution in [2.24, 2.45) is 0 Å². The Kier molecular flexibility index (Phi) is 6.38. The van der Waals surface area contributed by atoms with Gasteiger partial charge in [0, 0.05) is 34.8 Å². The van der Waals surface area contributed by atoms with E-state index in [1.807, 2.05) is 61.5 Å². The van der Waals surface area contributed by atoms with E-state index in [4.69, 9.17) is 0 Å². The van der Waals surface area contributed by atoms with Crippen LogP contribution in [0.25, 0.3) is 17.0 Å². The Morgan fingerprint density at radius 1 is 0.923 bits per heavy atom. The molecule has 1 aromatic heterocycles. The third-order valence-corrected chi connectivity index (χ3v) is 9.04. The topological polar surface area (TPSA) is 39.3 Å². The van der Waals surface area contributed by atoms with Gasteiger partial charge in [0.15, 0.2) is 0 Å². The summed E-state index contributed by atoms with van der Waals surface area (Å²) in [5.41, 5.74) is 4.03. The molecule has 0 atom stereocenters. The summed E-state index contributed by atoms with van der Waals surface area (Å²) in [7, 11) is 4.10. The van der Waals surface area contributed by atoms with Crippen LogP contribution in [0.4, 0.5) is 8.78 Å². The van der Waals surface area contributed by atoms with Crippen molar-refractivity contribution in [3.8, 4) is 0 Å². The lowest BCUT2D eigenvalue weighted by Crippen LogP contribution is -2.58. The molecular formula is C33H33F2N3O. The minimum absolute atomic E-state index is 0.0301. The van der Waals surface area contributed by atoms with E-state index in [0.717, 1.165) is 46.1 Å². The fourth-order valence-corrected chi connectivity index (χ4v) is 6.96. The van der Waals surface area contributed by atoms with Gasteiger partial charge in [0.05, 0.1) is 5.54 Å². The summed E-state index contributed by atoms with van der Waals surface area (Å²) in [6.07, 6.45) is 7.10. The summed E-state index contributed by atoms with van der Waals surface area (Å²) in [4.78, 5) is 21.7. The monoisotopic (exact) mass is 525 g/mol. The van der Waals surface area contributed by atoms with Crippen molar-refractivity contribution in [3.63, 3.8) is 0 Å². The lowest BCUT2D eigenvalue weighted by molar-refractivity contribution is -0.137. The normalized spacial score (nSPS) is 23.2. The van der Waals surface area contributed by atoms with Gasteiger partial charge < -0.3 is 9.88 Å². The molecule has 2 aliphatic rings. The Labute approximate surface area is 227 Å². The molecule has 0 saturated heterocycles. The number of carbonyl (C=O) groups excluding carboxylic acids is 1. The number of aromatic nitrogens is 1. The van der Waals surface area contributed by atoms with Crippen LogP contribution in [0, 0.1) is 11.6 Å². The van der Waals surface area contributed by atoms with Crippen molar-refractivity contribution < 1.29 is 13.6 Å². The molecule has 200 valence electrons. The van der Waals surface area contributed by atoms with E-state index in [1.54, 1.807) is 30.3 Å². The summed E-state index contributed by atoms with van der Waals surface area (Å²) >= 11 is 0. The van der Waals surface area contributed by atoms with E-state index in [2.05, 4.69) is 9.88 Å². The highest BCUT2D eigenvalue weighted by atomic mass is 19.1. The van der Waals surface area contributed by atoms with Crippen LogP contribution >= 0.6 is 0 Å². The van der Waals surface area contributed by atoms with Crippen molar-refractivity contribution in [3.05, 3.63) is 113 Å². The first-order chi connectivity index (χ1) is 18.8. The smallest absolute Gasteiger partial charge is 0.247 e. The minimum atomic E-state index is -0.561. The van der Waals surface area contributed by atoms with Gasteiger partial charge in [-0.2, -0.15) is 0 Å². The van der Waals surface area contributed by atoms with Crippen LogP contribution in [0.3, 0.4) is 0 Å². The summed E-state index contributed by atoms with van der Waals surface area (Å²) in [5.74, 6) is -0.532. The fraction of sp³-hybridized carbons (Fsp3) is 0.303. The number of nitrogens with zero attached hydrogens (tertiary/aromatic N) is 2. The second-order valence-electron chi connectivity index (χ2n) is 11.1. The summed E-state index contributed by atoms with van der Waals surface area (Å²) in [6, 6.07) is 21.6. The molecule has 39 heavy (non-hydrogen) atoms. The zero-order valence-corrected chi connectivity index (χ0v) is 22.4. The van der Waals surface area contributed by atoms with Crippen molar-refractivity contribution in [1.82, 2.24) is 14.8 Å². The van der Waals surface area contributed by atoms with Gasteiger partial charge in [-0.1, -0.05) is 42.5 Å². The number of H-pyrrole nitrogens is 1. The fourth-order valence-electron chi connectivity index (χ4n) is 6.96. The maximum absolute atomic E-state index is 14.3. The van der Waals surface area contributed by atoms with E-state index in [-0.39, 0.29) is 23.1 Å². The van der Waals surface area contributed by atoms with Gasteiger partial charge in [-0.15, -0.1) is 0 Å². The maximum atomic E-state index is 14.3. The molecule has 2 heterocycles. The molecule has 1 fully saturated rings. The van der Waals surface area contributed by atoms with E-state index < -0.39 is 5.54 Å². The number of halogens is 2. The molecule has 1 amide bonds. The van der Waals surface area contributed by atoms with Crippen LogP contribution in [0.2, 0.25) is 0 Å². The van der Waals surface area contributed by atoms with Crippen LogP contribution in [0.1, 0.15) is 48.1 Å². The molecule has 1 spiro atoms. The molecule has 3 aromatic carbocycles. The molecule has 6 heteroatoms. The number of rotatable bonds is 4. The lowest BCUT2D eigenvalue weighted by atomic mass is 9.65. The number of amides is 1. The number of benzene rings is 3. The molecule has 1 aliphatic heterocycles. The first-order valence-electron chi connectivity index (χ1n) is 13.6. The van der Waals surface area contributed by atoms with Crippen molar-refractivity contribution in [2.45, 2.75) is 43.2 Å². The molecule has 6 rings (SSSR count). The molecule has 0 radical (unpaired) electrons. The van der Waals surface area contributed by atoms with E-state index in [0.29, 0.717) is 25.8 Å². The Bertz CT molecular complexity index is 1550. The quantitative estimate of drug-likeness (QED) is 0.299. The molecule has 0 unspecified atom stereocenters. The Hall–Kier alpha value is -3.77. The number of hydrogen-bond donors (Lipinski definition) is 1. The number of carbonyl (C=O) groups is 1. The SMILES string of the molecule is CN(C)C1(c2cccc(F)c2)CCC2(CC1)c1[nH]c3ccc(F)cc3c1CCN2C(=O)C=Cc1ccccc1. The Balaban J connectivity index is 1.43. The molecule has 0 bridgehead atoms. The van der Waals surface area contributed by atoms with Crippen molar-refractivity contribution >= 4 is 22.9 Å². The standard InChI is InChI=1S/C33H33F2N3O/c1-37(2)32(24-9-6-10-25(34)21-24)16-18-33(19-17-32)31-27(28-22-26(35)12-13-29(28)36-31)15-20-38(33)30(39)14-11-23-7-4-3-5-8-23/h3-14,21-22,36H,15-20H2,1-2H3. The van der Waals surface area contributed by atoms with Gasteiger partial charge >= 0.3 is 0 Å². The Morgan fingerprint density at radius 2 is 1.67 bits per heavy atom. The van der Waals surface area contributed by atoms with Crippen molar-refractivity contribution in [1.29, 1.82) is 0 Å². The van der Waals surface area contributed by atoms with Crippen LogP contribution in [-0.4, -0.2) is 41.3 Å². The number of nitrogens with one attached hydrogen (secondary N) is 1. The Morgan fingerprint density at radius 3 is 2.38 bits per heavy atom. The van der Waals surface area contributed by atoms with E-state index in [9.17, 15) is 13.6 Å². The third-order valence-electron chi connectivity index (χ3n) is 9.04. The predicted molar refractivity (Wildman–Crippen MR) is 151 cm³/mol. The van der Waals surface area contributed by atoms with Gasteiger partial charge in [-0.05, 0) is 99.3 Å². The minimum Gasteiger partial charge on any atom is -0.356 e.